The largest absolute Gasteiger partial charge is 1.00 e. The van der Waals surface area contributed by atoms with E-state index in [1.807, 2.05) is 0 Å². The summed E-state index contributed by atoms with van der Waals surface area (Å²) in [5, 5.41) is 9.41. The number of carbonyl (C=O) groups is 1. The fourth-order valence-corrected chi connectivity index (χ4v) is 6.88. The molecule has 0 aliphatic rings. The summed E-state index contributed by atoms with van der Waals surface area (Å²) < 4.78 is 6.05. The van der Waals surface area contributed by atoms with Gasteiger partial charge < -0.3 is 21.2 Å². The quantitative estimate of drug-likeness (QED) is 0.0380. The molecule has 0 aromatic carbocycles. The average Bonchev–Trinajstić information content (AvgIpc) is 3.06. The Morgan fingerprint density at radius 1 is 0.604 bits per heavy atom. The van der Waals surface area contributed by atoms with Crippen LogP contribution in [0.4, 0.5) is 0 Å². The molecule has 0 heterocycles. The first kappa shape index (κ1) is 50.1. The number of ether oxygens (including phenoxy) is 1. The third kappa shape index (κ3) is 37.3. The van der Waals surface area contributed by atoms with Crippen LogP contribution in [0.15, 0.2) is 0 Å². The molecule has 0 rings (SSSR count). The van der Waals surface area contributed by atoms with Gasteiger partial charge in [0.05, 0.1) is 0 Å². The second-order valence-corrected chi connectivity index (χ2v) is 15.0. The number of nitrogens with zero attached hydrogens (tertiary/aromatic N) is 1. The van der Waals surface area contributed by atoms with Crippen LogP contribution in [0.1, 0.15) is 227 Å². The summed E-state index contributed by atoms with van der Waals surface area (Å²) in [6.07, 6.45) is 41.3. The molecule has 0 aliphatic carbocycles. The average molecular weight is 855 g/mol. The molecular weight excluding hydrogens is 769 g/mol. The molecule has 1 N–H and O–H groups in total. The van der Waals surface area contributed by atoms with E-state index in [-0.39, 0.29) is 38.5 Å². The first-order valence-electron chi connectivity index (χ1n) is 21.4. The standard InChI is InChI=1S/C43H86NO3.Os/c1-5-8-11-14-17-18-19-20-21-22-25-31-37-44(38-32-39-45)40-41(4)33-27-26-30-36-43(46)47-42(34-28-23-15-12-9-6-2)35-29-24-16-13-10-7-3;/h31,41-42,45H,5-30,32-40H2,1-4H3;/q-1;+1. The molecule has 0 aliphatic heterocycles. The van der Waals surface area contributed by atoms with Crippen molar-refractivity contribution in [1.29, 1.82) is 0 Å². The summed E-state index contributed by atoms with van der Waals surface area (Å²) >= 11 is 0. The van der Waals surface area contributed by atoms with Crippen molar-refractivity contribution < 1.29 is 34.4 Å². The van der Waals surface area contributed by atoms with Gasteiger partial charge in [-0.1, -0.05) is 169 Å². The van der Waals surface area contributed by atoms with Gasteiger partial charge in [0.2, 0.25) is 0 Å². The molecule has 0 fully saturated rings. The van der Waals surface area contributed by atoms with E-state index in [0.717, 1.165) is 51.7 Å². The van der Waals surface area contributed by atoms with Crippen LogP contribution >= 0.6 is 0 Å². The molecular formula is C43H86NO3Os. The van der Waals surface area contributed by atoms with Gasteiger partial charge >= 0.3 is 25.8 Å². The van der Waals surface area contributed by atoms with Gasteiger partial charge in [-0.05, 0) is 64.0 Å². The van der Waals surface area contributed by atoms with Crippen LogP contribution in [0.5, 0.6) is 0 Å². The maximum Gasteiger partial charge on any atom is 1.00 e. The van der Waals surface area contributed by atoms with Crippen molar-refractivity contribution in [3.63, 3.8) is 0 Å². The Balaban J connectivity index is 0. The molecule has 289 valence electrons. The number of esters is 1. The molecule has 0 aromatic rings. The molecule has 0 amide bonds. The summed E-state index contributed by atoms with van der Waals surface area (Å²) in [7, 11) is 0. The van der Waals surface area contributed by atoms with Crippen LogP contribution in [0.2, 0.25) is 0 Å². The van der Waals surface area contributed by atoms with E-state index in [2.05, 4.69) is 39.0 Å². The van der Waals surface area contributed by atoms with Crippen molar-refractivity contribution >= 4 is 5.97 Å². The number of carbonyl (C=O) groups excluding carboxylic acids is 1. The molecule has 1 atom stereocenters. The van der Waals surface area contributed by atoms with Crippen molar-refractivity contribution in [1.82, 2.24) is 4.90 Å². The minimum absolute atomic E-state index is 0. The first-order chi connectivity index (χ1) is 23.1. The van der Waals surface area contributed by atoms with E-state index in [1.165, 1.54) is 161 Å². The monoisotopic (exact) mass is 857 g/mol. The third-order valence-electron chi connectivity index (χ3n) is 9.99. The van der Waals surface area contributed by atoms with Crippen molar-refractivity contribution in [3.05, 3.63) is 6.42 Å². The molecule has 4 nitrogen and oxygen atoms in total. The normalized spacial score (nSPS) is 12.1. The Morgan fingerprint density at radius 2 is 1.04 bits per heavy atom. The maximum atomic E-state index is 12.7. The van der Waals surface area contributed by atoms with Gasteiger partial charge in [0.1, 0.15) is 6.10 Å². The van der Waals surface area contributed by atoms with Gasteiger partial charge in [-0.15, -0.1) is 6.54 Å². The van der Waals surface area contributed by atoms with Crippen LogP contribution < -0.4 is 0 Å². The smallest absolute Gasteiger partial charge is 0.462 e. The number of aliphatic hydroxyl groups excluding tert-OH is 1. The van der Waals surface area contributed by atoms with Gasteiger partial charge in [0.15, 0.2) is 0 Å². The third-order valence-corrected chi connectivity index (χ3v) is 9.99. The van der Waals surface area contributed by atoms with Crippen LogP contribution in [0, 0.1) is 12.3 Å². The van der Waals surface area contributed by atoms with Gasteiger partial charge in [-0.3, -0.25) is 4.79 Å². The predicted octanol–water partition coefficient (Wildman–Crippen LogP) is 13.2. The van der Waals surface area contributed by atoms with Crippen molar-refractivity contribution in [2.45, 2.75) is 233 Å². The van der Waals surface area contributed by atoms with Crippen molar-refractivity contribution in [3.8, 4) is 0 Å². The Morgan fingerprint density at radius 3 is 1.54 bits per heavy atom. The van der Waals surface area contributed by atoms with E-state index in [1.54, 1.807) is 0 Å². The zero-order valence-electron chi connectivity index (χ0n) is 33.0. The van der Waals surface area contributed by atoms with Gasteiger partial charge in [-0.25, -0.2) is 0 Å². The van der Waals surface area contributed by atoms with E-state index >= 15 is 0 Å². The zero-order chi connectivity index (χ0) is 34.5. The molecule has 1 unspecified atom stereocenters. The summed E-state index contributed by atoms with van der Waals surface area (Å²) in [4.78, 5) is 15.3. The van der Waals surface area contributed by atoms with Crippen LogP contribution in [-0.4, -0.2) is 48.3 Å². The summed E-state index contributed by atoms with van der Waals surface area (Å²) in [6, 6.07) is 0. The van der Waals surface area contributed by atoms with Crippen LogP contribution in [0.3, 0.4) is 0 Å². The van der Waals surface area contributed by atoms with Crippen LogP contribution in [-0.2, 0) is 29.3 Å². The van der Waals surface area contributed by atoms with Gasteiger partial charge in [0, 0.05) is 13.0 Å². The second kappa shape index (κ2) is 41.4. The Kier molecular flexibility index (Phi) is 43.3. The van der Waals surface area contributed by atoms with Crippen LogP contribution in [0.25, 0.3) is 0 Å². The number of rotatable bonds is 39. The molecule has 1 radical (unpaired) electrons. The Bertz CT molecular complexity index is 603. The molecule has 0 saturated carbocycles. The van der Waals surface area contributed by atoms with Crippen molar-refractivity contribution in [2.75, 3.05) is 26.2 Å². The molecule has 48 heavy (non-hydrogen) atoms. The van der Waals surface area contributed by atoms with Gasteiger partial charge in [0.25, 0.3) is 0 Å². The molecule has 0 bridgehead atoms. The minimum Gasteiger partial charge on any atom is -0.462 e. The SMILES string of the molecule is CCCCCCCCCCCC[CH-]CN(CCCO)CC(C)CCCCCC(=O)OC(CCCCCCCC)CCCCCCCC.[Os+]. The fourth-order valence-electron chi connectivity index (χ4n) is 6.88. The minimum atomic E-state index is 0. The van der Waals surface area contributed by atoms with Crippen molar-refractivity contribution in [2.24, 2.45) is 5.92 Å². The summed E-state index contributed by atoms with van der Waals surface area (Å²) in [5.41, 5.74) is 0. The Labute approximate surface area is 315 Å². The Hall–Kier alpha value is 0.0264. The maximum absolute atomic E-state index is 12.7. The predicted molar refractivity (Wildman–Crippen MR) is 207 cm³/mol. The topological polar surface area (TPSA) is 49.8 Å². The van der Waals surface area contributed by atoms with E-state index in [4.69, 9.17) is 4.74 Å². The number of hydrogen-bond acceptors (Lipinski definition) is 4. The number of aliphatic hydroxyl groups is 1. The van der Waals surface area contributed by atoms with Gasteiger partial charge in [-0.2, -0.15) is 6.42 Å². The number of unbranched alkanes of at least 4 members (excludes halogenated alkanes) is 23. The second-order valence-electron chi connectivity index (χ2n) is 15.0. The zero-order valence-corrected chi connectivity index (χ0v) is 35.6. The van der Waals surface area contributed by atoms with E-state index < -0.39 is 0 Å². The first-order valence-corrected chi connectivity index (χ1v) is 21.4. The molecule has 0 spiro atoms. The van der Waals surface area contributed by atoms with E-state index in [0.29, 0.717) is 12.3 Å². The molecule has 0 saturated heterocycles. The fraction of sp³-hybridized carbons (Fsp3) is 0.953. The molecule has 5 heteroatoms. The van der Waals surface area contributed by atoms with E-state index in [9.17, 15) is 9.90 Å². The summed E-state index contributed by atoms with van der Waals surface area (Å²) in [6.45, 7) is 12.6. The number of hydrogen-bond donors (Lipinski definition) is 1. The molecule has 0 aromatic heterocycles. The summed E-state index contributed by atoms with van der Waals surface area (Å²) in [5.74, 6) is 0.679.